The van der Waals surface area contributed by atoms with Gasteiger partial charge < -0.3 is 55.6 Å². The van der Waals surface area contributed by atoms with Gasteiger partial charge in [-0.05, 0) is 6.42 Å². The average molecular weight is 638 g/mol. The number of ether oxygens (including phenoxy) is 2. The number of rotatable bonds is 27. The Morgan fingerprint density at radius 2 is 1.16 bits per heavy atom. The van der Waals surface area contributed by atoms with E-state index in [1.54, 1.807) is 0 Å². The molecule has 3 unspecified atom stereocenters. The van der Waals surface area contributed by atoms with E-state index in [9.17, 15) is 45.6 Å². The molecule has 0 radical (unpaired) electrons. The first-order valence-electron chi connectivity index (χ1n) is 17.1. The van der Waals surface area contributed by atoms with Crippen LogP contribution in [-0.2, 0) is 14.3 Å². The molecule has 0 aromatic rings. The topological polar surface area (TPSA) is 209 Å². The Hall–Kier alpha value is -0.930. The first-order chi connectivity index (χ1) is 21.2. The fourth-order valence-corrected chi connectivity index (χ4v) is 5.51. The molecule has 12 nitrogen and oxygen atoms in total. The predicted octanol–water partition coefficient (Wildman–Crippen LogP) is 1.40. The van der Waals surface area contributed by atoms with Gasteiger partial charge in [-0.1, -0.05) is 116 Å². The van der Waals surface area contributed by atoms with Crippen molar-refractivity contribution in [3.8, 4) is 0 Å². The molecule has 12 heteroatoms. The summed E-state index contributed by atoms with van der Waals surface area (Å²) in [6.07, 6.45) is 6.40. The lowest BCUT2D eigenvalue weighted by atomic mass is 9.98. The summed E-state index contributed by atoms with van der Waals surface area (Å²) in [6, 6.07) is 0. The molecule has 1 amide bonds. The Balaban J connectivity index is 2.19. The fourth-order valence-electron chi connectivity index (χ4n) is 5.51. The number of hydrogen-bond acceptors (Lipinski definition) is 11. The minimum atomic E-state index is -2.04. The van der Waals surface area contributed by atoms with Gasteiger partial charge in [0.2, 0.25) is 0 Å². The van der Waals surface area contributed by atoms with Crippen LogP contribution in [0.3, 0.4) is 0 Å². The van der Waals surface area contributed by atoms with Gasteiger partial charge in [0.25, 0.3) is 5.91 Å². The van der Waals surface area contributed by atoms with Crippen molar-refractivity contribution in [1.82, 2.24) is 5.32 Å². The minimum absolute atomic E-state index is 0.280. The number of hydrogen-bond donors (Lipinski definition) is 9. The molecule has 0 aliphatic carbocycles. The zero-order chi connectivity index (χ0) is 32.7. The van der Waals surface area contributed by atoms with Crippen LogP contribution in [0, 0.1) is 0 Å². The number of unbranched alkanes of at least 4 members (excludes halogenated alkanes) is 17. The Labute approximate surface area is 263 Å². The highest BCUT2D eigenvalue weighted by molar-refractivity contribution is 5.81. The van der Waals surface area contributed by atoms with Crippen molar-refractivity contribution < 1.29 is 55.1 Å². The first-order valence-corrected chi connectivity index (χ1v) is 17.1. The van der Waals surface area contributed by atoms with Gasteiger partial charge in [-0.3, -0.25) is 4.79 Å². The summed E-state index contributed by atoms with van der Waals surface area (Å²) in [5.74, 6) is -0.906. The molecule has 1 aliphatic heterocycles. The Bertz CT molecular complexity index is 701. The lowest BCUT2D eigenvalue weighted by Crippen LogP contribution is -2.62. The summed E-state index contributed by atoms with van der Waals surface area (Å²) in [7, 11) is 0. The zero-order valence-electron chi connectivity index (χ0n) is 26.8. The molecule has 0 saturated carbocycles. The highest BCUT2D eigenvalue weighted by atomic mass is 16.7. The van der Waals surface area contributed by atoms with Crippen molar-refractivity contribution in [3.05, 3.63) is 0 Å². The molecule has 1 heterocycles. The van der Waals surface area contributed by atoms with Crippen LogP contribution in [0.2, 0.25) is 0 Å². The predicted molar refractivity (Wildman–Crippen MR) is 166 cm³/mol. The van der Waals surface area contributed by atoms with Gasteiger partial charge in [0.05, 0.1) is 13.2 Å². The number of nitrogens with one attached hydrogen (secondary N) is 1. The number of aliphatic hydroxyl groups is 8. The third kappa shape index (κ3) is 16.1. The second-order valence-corrected chi connectivity index (χ2v) is 12.3. The van der Waals surface area contributed by atoms with Crippen LogP contribution in [0.25, 0.3) is 0 Å². The maximum atomic E-state index is 12.4. The van der Waals surface area contributed by atoms with Crippen molar-refractivity contribution in [1.29, 1.82) is 0 Å². The van der Waals surface area contributed by atoms with Gasteiger partial charge in [0.1, 0.15) is 42.7 Å². The molecule has 0 aromatic heterocycles. The molecule has 1 aliphatic rings. The summed E-state index contributed by atoms with van der Waals surface area (Å²) < 4.78 is 10.5. The molecule has 1 saturated heterocycles. The standard InChI is InChI=1S/C32H63NO11/c1-2-3-4-5-6-7-8-9-10-11-12-13-14-15-16-17-18-19-20-33-31(42)28(40)27(39)30(23(36)21-34)44-32-29(41)26(38)25(37)24(22-35)43-32/h23-30,32,34-41H,2-22H2,1H3,(H,33,42)/t23-,24?,25-,26?,27-,28-,29?,30-,32-/m1/s1. The van der Waals surface area contributed by atoms with Crippen LogP contribution in [0.5, 0.6) is 0 Å². The molecular weight excluding hydrogens is 574 g/mol. The maximum absolute atomic E-state index is 12.4. The van der Waals surface area contributed by atoms with Crippen molar-refractivity contribution in [3.63, 3.8) is 0 Å². The van der Waals surface area contributed by atoms with E-state index in [0.29, 0.717) is 6.42 Å². The van der Waals surface area contributed by atoms with E-state index in [1.165, 1.54) is 89.9 Å². The monoisotopic (exact) mass is 637 g/mol. The van der Waals surface area contributed by atoms with E-state index >= 15 is 0 Å². The number of carbonyl (C=O) groups excluding carboxylic acids is 1. The van der Waals surface area contributed by atoms with Gasteiger partial charge in [0.15, 0.2) is 12.4 Å². The molecule has 1 rings (SSSR count). The highest BCUT2D eigenvalue weighted by Gasteiger charge is 2.47. The van der Waals surface area contributed by atoms with E-state index in [1.807, 2.05) is 0 Å². The SMILES string of the molecule is CCCCCCCCCCCCCCCCCCCCNC(=O)[C@H](O)[C@@H](O)[C@H](O[C@H]1OC(CO)[C@@H](O)C(O)C1O)[C@H](O)CO. The summed E-state index contributed by atoms with van der Waals surface area (Å²) in [5, 5.41) is 82.3. The summed E-state index contributed by atoms with van der Waals surface area (Å²) in [4.78, 5) is 12.4. The summed E-state index contributed by atoms with van der Waals surface area (Å²) in [6.45, 7) is 0.877. The van der Waals surface area contributed by atoms with Gasteiger partial charge in [-0.15, -0.1) is 0 Å². The van der Waals surface area contributed by atoms with Crippen LogP contribution in [0.4, 0.5) is 0 Å². The average Bonchev–Trinajstić information content (AvgIpc) is 3.03. The molecule has 0 bridgehead atoms. The van der Waals surface area contributed by atoms with Crippen molar-refractivity contribution in [2.75, 3.05) is 19.8 Å². The quantitative estimate of drug-likeness (QED) is 0.0588. The Morgan fingerprint density at radius 1 is 0.705 bits per heavy atom. The molecule has 0 aromatic carbocycles. The molecule has 0 spiro atoms. The van der Waals surface area contributed by atoms with E-state index in [4.69, 9.17) is 9.47 Å². The third-order valence-electron chi connectivity index (χ3n) is 8.46. The highest BCUT2D eigenvalue weighted by Crippen LogP contribution is 2.25. The normalized spacial score (nSPS) is 25.0. The van der Waals surface area contributed by atoms with Crippen LogP contribution in [0.1, 0.15) is 122 Å². The third-order valence-corrected chi connectivity index (χ3v) is 8.46. The van der Waals surface area contributed by atoms with E-state index < -0.39 is 74.2 Å². The molecular formula is C32H63NO11. The molecule has 44 heavy (non-hydrogen) atoms. The van der Waals surface area contributed by atoms with Crippen LogP contribution in [0.15, 0.2) is 0 Å². The first kappa shape index (κ1) is 41.1. The Kier molecular flexibility index (Phi) is 23.5. The molecule has 9 atom stereocenters. The lowest BCUT2D eigenvalue weighted by Gasteiger charge is -2.42. The van der Waals surface area contributed by atoms with E-state index in [2.05, 4.69) is 12.2 Å². The van der Waals surface area contributed by atoms with Gasteiger partial charge >= 0.3 is 0 Å². The largest absolute Gasteiger partial charge is 0.394 e. The number of carbonyl (C=O) groups is 1. The van der Waals surface area contributed by atoms with E-state index in [-0.39, 0.29) is 6.54 Å². The molecule has 1 fully saturated rings. The lowest BCUT2D eigenvalue weighted by molar-refractivity contribution is -0.326. The molecule has 9 N–H and O–H groups in total. The summed E-state index contributed by atoms with van der Waals surface area (Å²) >= 11 is 0. The van der Waals surface area contributed by atoms with Crippen LogP contribution >= 0.6 is 0 Å². The smallest absolute Gasteiger partial charge is 0.251 e. The van der Waals surface area contributed by atoms with Gasteiger partial charge in [-0.2, -0.15) is 0 Å². The van der Waals surface area contributed by atoms with Crippen molar-refractivity contribution in [2.45, 2.75) is 178 Å². The number of amides is 1. The van der Waals surface area contributed by atoms with Gasteiger partial charge in [0, 0.05) is 6.54 Å². The van der Waals surface area contributed by atoms with Crippen LogP contribution < -0.4 is 5.32 Å². The van der Waals surface area contributed by atoms with Crippen LogP contribution in [-0.4, -0.2) is 122 Å². The second-order valence-electron chi connectivity index (χ2n) is 12.3. The van der Waals surface area contributed by atoms with Crippen molar-refractivity contribution in [2.24, 2.45) is 0 Å². The van der Waals surface area contributed by atoms with E-state index in [0.717, 1.165) is 19.3 Å². The maximum Gasteiger partial charge on any atom is 0.251 e. The second kappa shape index (κ2) is 25.2. The summed E-state index contributed by atoms with van der Waals surface area (Å²) in [5.41, 5.74) is 0. The Morgan fingerprint density at radius 3 is 1.59 bits per heavy atom. The zero-order valence-corrected chi connectivity index (χ0v) is 26.8. The molecule has 262 valence electrons. The number of aliphatic hydroxyl groups excluding tert-OH is 8. The van der Waals surface area contributed by atoms with Gasteiger partial charge in [-0.25, -0.2) is 0 Å². The minimum Gasteiger partial charge on any atom is -0.394 e. The fraction of sp³-hybridized carbons (Fsp3) is 0.969. The van der Waals surface area contributed by atoms with Crippen molar-refractivity contribution >= 4 is 5.91 Å².